The van der Waals surface area contributed by atoms with E-state index in [1.807, 2.05) is 97.1 Å². The molecule has 2 heterocycles. The van der Waals surface area contributed by atoms with Crippen molar-refractivity contribution in [3.8, 4) is 0 Å². The van der Waals surface area contributed by atoms with Crippen molar-refractivity contribution in [1.29, 1.82) is 0 Å². The first-order valence-corrected chi connectivity index (χ1v) is 18.2. The normalized spacial score (nSPS) is 19.9. The molecule has 10 nitrogen and oxygen atoms in total. The minimum atomic E-state index is -1.05. The molecular formula is C44H43N3O7. The smallest absolute Gasteiger partial charge is 0.408 e. The van der Waals surface area contributed by atoms with E-state index in [4.69, 9.17) is 14.2 Å². The zero-order chi connectivity index (χ0) is 37.3. The molecular weight excluding hydrogens is 682 g/mol. The number of rotatable bonds is 13. The van der Waals surface area contributed by atoms with Crippen LogP contribution in [0.5, 0.6) is 0 Å². The number of benzene rings is 5. The van der Waals surface area contributed by atoms with Gasteiger partial charge in [0.2, 0.25) is 5.91 Å². The molecule has 2 N–H and O–H groups in total. The summed E-state index contributed by atoms with van der Waals surface area (Å²) in [6, 6.07) is 43.6. The molecule has 5 aromatic carbocycles. The van der Waals surface area contributed by atoms with Gasteiger partial charge in [0, 0.05) is 31.6 Å². The predicted molar refractivity (Wildman–Crippen MR) is 203 cm³/mol. The molecule has 2 saturated heterocycles. The molecule has 0 aliphatic carbocycles. The number of aliphatic hydroxyl groups is 1. The minimum Gasteiger partial charge on any atom is -0.445 e. The highest BCUT2D eigenvalue weighted by Crippen LogP contribution is 2.39. The highest BCUT2D eigenvalue weighted by molar-refractivity contribution is 6.22. The molecule has 54 heavy (non-hydrogen) atoms. The van der Waals surface area contributed by atoms with Gasteiger partial charge in [-0.1, -0.05) is 127 Å². The van der Waals surface area contributed by atoms with Crippen LogP contribution in [0, 0.1) is 0 Å². The van der Waals surface area contributed by atoms with Crippen LogP contribution < -0.4 is 10.2 Å². The number of imide groups is 1. The van der Waals surface area contributed by atoms with Crippen molar-refractivity contribution in [2.75, 3.05) is 11.4 Å². The Morgan fingerprint density at radius 1 is 0.741 bits per heavy atom. The maximum absolute atomic E-state index is 13.5. The van der Waals surface area contributed by atoms with Gasteiger partial charge in [0.05, 0.1) is 30.9 Å². The third kappa shape index (κ3) is 9.28. The van der Waals surface area contributed by atoms with Crippen LogP contribution in [0.15, 0.2) is 140 Å². The second-order valence-corrected chi connectivity index (χ2v) is 13.6. The van der Waals surface area contributed by atoms with Crippen molar-refractivity contribution < 1.29 is 33.7 Å². The van der Waals surface area contributed by atoms with Gasteiger partial charge in [-0.25, -0.2) is 9.69 Å². The van der Waals surface area contributed by atoms with Crippen molar-refractivity contribution in [3.05, 3.63) is 173 Å². The molecule has 0 radical (unpaired) electrons. The van der Waals surface area contributed by atoms with Gasteiger partial charge in [0.25, 0.3) is 5.91 Å². The maximum atomic E-state index is 13.5. The molecule has 2 aliphatic heterocycles. The monoisotopic (exact) mass is 725 g/mol. The lowest BCUT2D eigenvalue weighted by atomic mass is 9.99. The Bertz CT molecular complexity index is 1970. The first kappa shape index (κ1) is 36.7. The SMILES string of the molecule is O=C(NC1CC(=O)N(c2cccc([C@@H]3O[C@H](CN(Cc4ccccc4)Cc4ccccc4)C[C@H](c4ccc(CO)cc4)O3)c2)C1=O)OCc1ccccc1. The van der Waals surface area contributed by atoms with Gasteiger partial charge in [-0.15, -0.1) is 0 Å². The van der Waals surface area contributed by atoms with Crippen LogP contribution in [0.4, 0.5) is 10.5 Å². The van der Waals surface area contributed by atoms with Gasteiger partial charge in [-0.2, -0.15) is 0 Å². The van der Waals surface area contributed by atoms with Gasteiger partial charge >= 0.3 is 6.09 Å². The quantitative estimate of drug-likeness (QED) is 0.125. The Kier molecular flexibility index (Phi) is 11.9. The third-order valence-corrected chi connectivity index (χ3v) is 9.63. The first-order valence-electron chi connectivity index (χ1n) is 18.2. The van der Waals surface area contributed by atoms with Crippen LogP contribution >= 0.6 is 0 Å². The number of ether oxygens (including phenoxy) is 3. The Hall–Kier alpha value is -5.65. The highest BCUT2D eigenvalue weighted by atomic mass is 16.7. The molecule has 2 aliphatic rings. The first-order chi connectivity index (χ1) is 26.4. The molecule has 7 rings (SSSR count). The zero-order valence-electron chi connectivity index (χ0n) is 29.8. The number of anilines is 1. The molecule has 4 atom stereocenters. The molecule has 0 saturated carbocycles. The van der Waals surface area contributed by atoms with Crippen LogP contribution in [0.2, 0.25) is 0 Å². The fraction of sp³-hybridized carbons (Fsp3) is 0.250. The van der Waals surface area contributed by atoms with E-state index in [9.17, 15) is 19.5 Å². The largest absolute Gasteiger partial charge is 0.445 e. The average molecular weight is 726 g/mol. The highest BCUT2D eigenvalue weighted by Gasteiger charge is 2.41. The van der Waals surface area contributed by atoms with Gasteiger partial charge in [0.1, 0.15) is 12.6 Å². The topological polar surface area (TPSA) is 118 Å². The van der Waals surface area contributed by atoms with E-state index in [0.29, 0.717) is 24.2 Å². The molecule has 276 valence electrons. The van der Waals surface area contributed by atoms with E-state index in [2.05, 4.69) is 34.5 Å². The lowest BCUT2D eigenvalue weighted by molar-refractivity contribution is -0.253. The molecule has 3 amide bonds. The number of alkyl carbamates (subject to hydrolysis) is 1. The van der Waals surface area contributed by atoms with Crippen molar-refractivity contribution in [3.63, 3.8) is 0 Å². The van der Waals surface area contributed by atoms with Crippen LogP contribution in [0.3, 0.4) is 0 Å². The van der Waals surface area contributed by atoms with Crippen LogP contribution in [0.1, 0.15) is 58.6 Å². The van der Waals surface area contributed by atoms with E-state index in [0.717, 1.165) is 34.7 Å². The summed E-state index contributed by atoms with van der Waals surface area (Å²) in [5.41, 5.74) is 5.96. The van der Waals surface area contributed by atoms with Crippen molar-refractivity contribution in [2.45, 2.75) is 63.7 Å². The Labute approximate surface area is 314 Å². The van der Waals surface area contributed by atoms with Crippen molar-refractivity contribution in [2.24, 2.45) is 0 Å². The second kappa shape index (κ2) is 17.5. The number of carbonyl (C=O) groups excluding carboxylic acids is 3. The van der Waals surface area contributed by atoms with Crippen molar-refractivity contribution in [1.82, 2.24) is 10.2 Å². The molecule has 0 aromatic heterocycles. The second-order valence-electron chi connectivity index (χ2n) is 13.6. The molecule has 0 spiro atoms. The number of hydrogen-bond donors (Lipinski definition) is 2. The van der Waals surface area contributed by atoms with Crippen LogP contribution in [0.25, 0.3) is 0 Å². The Morgan fingerprint density at radius 3 is 2.00 bits per heavy atom. The molecule has 1 unspecified atom stereocenters. The van der Waals surface area contributed by atoms with Gasteiger partial charge in [-0.3, -0.25) is 14.5 Å². The lowest BCUT2D eigenvalue weighted by Gasteiger charge is -2.38. The average Bonchev–Trinajstić information content (AvgIpc) is 3.49. The number of hydrogen-bond acceptors (Lipinski definition) is 8. The predicted octanol–water partition coefficient (Wildman–Crippen LogP) is 6.99. The van der Waals surface area contributed by atoms with Gasteiger partial charge in [-0.05, 0) is 39.9 Å². The summed E-state index contributed by atoms with van der Waals surface area (Å²) in [6.45, 7) is 2.05. The van der Waals surface area contributed by atoms with E-state index in [1.54, 1.807) is 18.2 Å². The maximum Gasteiger partial charge on any atom is 0.408 e. The molecule has 10 heteroatoms. The fourth-order valence-electron chi connectivity index (χ4n) is 6.92. The minimum absolute atomic E-state index is 0.0402. The van der Waals surface area contributed by atoms with Gasteiger partial charge < -0.3 is 24.6 Å². The molecule has 2 fully saturated rings. The van der Waals surface area contributed by atoms with Crippen LogP contribution in [-0.4, -0.2) is 46.6 Å². The molecule has 0 bridgehead atoms. The summed E-state index contributed by atoms with van der Waals surface area (Å²) >= 11 is 0. The zero-order valence-corrected chi connectivity index (χ0v) is 29.8. The number of nitrogens with one attached hydrogen (secondary N) is 1. The number of aliphatic hydroxyl groups excluding tert-OH is 1. The van der Waals surface area contributed by atoms with E-state index in [-0.39, 0.29) is 31.8 Å². The van der Waals surface area contributed by atoms with E-state index >= 15 is 0 Å². The Balaban J connectivity index is 1.10. The fourth-order valence-corrected chi connectivity index (χ4v) is 6.92. The summed E-state index contributed by atoms with van der Waals surface area (Å²) < 4.78 is 18.6. The summed E-state index contributed by atoms with van der Waals surface area (Å²) in [4.78, 5) is 42.8. The lowest BCUT2D eigenvalue weighted by Crippen LogP contribution is -2.42. The van der Waals surface area contributed by atoms with Gasteiger partial charge in [0.15, 0.2) is 6.29 Å². The summed E-state index contributed by atoms with van der Waals surface area (Å²) in [6.07, 6.45) is -1.75. The summed E-state index contributed by atoms with van der Waals surface area (Å²) in [5.74, 6) is -0.982. The third-order valence-electron chi connectivity index (χ3n) is 9.63. The van der Waals surface area contributed by atoms with Crippen molar-refractivity contribution >= 4 is 23.6 Å². The standard InChI is InChI=1S/C44H43N3O7/c48-29-33-19-21-35(22-20-33)40-24-38(28-46(26-31-11-4-1-5-12-31)27-32-13-6-2-7-14-32)53-43(54-40)36-17-10-18-37(23-36)47-41(49)25-39(42(47)50)45-44(51)52-30-34-15-8-3-9-16-34/h1-23,38-40,43,48H,24-30H2,(H,45,51)/t38-,39?,40+,43+/m0/s1. The number of amides is 3. The van der Waals surface area contributed by atoms with E-state index < -0.39 is 30.2 Å². The summed E-state index contributed by atoms with van der Waals surface area (Å²) in [5, 5.41) is 12.2. The number of carbonyl (C=O) groups is 3. The van der Waals surface area contributed by atoms with E-state index in [1.165, 1.54) is 11.1 Å². The molecule has 5 aromatic rings. The Morgan fingerprint density at radius 2 is 1.37 bits per heavy atom. The van der Waals surface area contributed by atoms with Crippen LogP contribution in [-0.2, 0) is 50.1 Å². The number of nitrogens with zero attached hydrogens (tertiary/aromatic N) is 2. The summed E-state index contributed by atoms with van der Waals surface area (Å²) in [7, 11) is 0.